The van der Waals surface area contributed by atoms with E-state index in [4.69, 9.17) is 0 Å². The van der Waals surface area contributed by atoms with Gasteiger partial charge in [0.2, 0.25) is 18.1 Å². The van der Waals surface area contributed by atoms with Gasteiger partial charge in [-0.2, -0.15) is 0 Å². The van der Waals surface area contributed by atoms with Gasteiger partial charge in [0.15, 0.2) is 0 Å². The molecule has 9 nitrogen and oxygen atoms in total. The van der Waals surface area contributed by atoms with E-state index in [1.165, 1.54) is 0 Å². The van der Waals surface area contributed by atoms with E-state index in [2.05, 4.69) is 0 Å². The van der Waals surface area contributed by atoms with Crippen molar-refractivity contribution in [2.45, 2.75) is 0 Å². The third-order valence-corrected chi connectivity index (χ3v) is 6.28. The summed E-state index contributed by atoms with van der Waals surface area (Å²) in [6.07, 6.45) is 0. The number of carbonyl (C=O) groups is 3. The summed E-state index contributed by atoms with van der Waals surface area (Å²) in [5.41, 5.74) is 0. The summed E-state index contributed by atoms with van der Waals surface area (Å²) < 4.78 is 34.8. The van der Waals surface area contributed by atoms with Crippen LogP contribution in [0.25, 0.3) is 0 Å². The summed E-state index contributed by atoms with van der Waals surface area (Å²) in [7, 11) is -13.8. The Hall–Kier alpha value is -0.603. The van der Waals surface area contributed by atoms with Gasteiger partial charge in [-0.1, -0.05) is 0 Å². The molecule has 1 aromatic carbocycles. The van der Waals surface area contributed by atoms with Crippen LogP contribution in [0.15, 0.2) is 18.2 Å². The van der Waals surface area contributed by atoms with E-state index in [0.29, 0.717) is 18.2 Å². The standard InChI is InChI=1S/C9H9O9P3.Li.H/c10-4-19(13,14)7-1-8(20(15,16)5-11)3-9(2-7)21(17,18)6-12;;/h1-6H,(H,13,14)(H,15,16)(H,17,18);;/q;+1;-1. The molecule has 13 heteroatoms. The van der Waals surface area contributed by atoms with Crippen LogP contribution in [-0.2, 0) is 28.1 Å². The molecule has 0 saturated heterocycles. The zero-order valence-corrected chi connectivity index (χ0v) is 13.8. The molecular weight excluding hydrogens is 352 g/mol. The Bertz CT molecular complexity index is 652. The largest absolute Gasteiger partial charge is 1.00 e. The third kappa shape index (κ3) is 4.45. The summed E-state index contributed by atoms with van der Waals surface area (Å²) in [6, 6.07) is 0.836. The molecule has 3 N–H and O–H groups in total. The molecular formula is C9H10LiO9P3. The first-order valence-electron chi connectivity index (χ1n) is 5.03. The Morgan fingerprint density at radius 1 is 0.682 bits per heavy atom. The molecule has 0 aliphatic carbocycles. The first kappa shape index (κ1) is 21.4. The maximum atomic E-state index is 11.6. The molecule has 116 valence electrons. The van der Waals surface area contributed by atoms with Crippen LogP contribution in [0.2, 0.25) is 0 Å². The third-order valence-electron chi connectivity index (χ3n) is 2.43. The zero-order valence-electron chi connectivity index (χ0n) is 12.1. The summed E-state index contributed by atoms with van der Waals surface area (Å²) >= 11 is 0. The van der Waals surface area contributed by atoms with Crippen LogP contribution in [-0.4, -0.2) is 32.8 Å². The molecule has 1 rings (SSSR count). The zero-order chi connectivity index (χ0) is 16.5. The number of carbonyl (C=O) groups excluding carboxylic acids is 3. The number of hydrogen-bond donors (Lipinski definition) is 3. The summed E-state index contributed by atoms with van der Waals surface area (Å²) in [4.78, 5) is 59.9. The van der Waals surface area contributed by atoms with Crippen molar-refractivity contribution in [3.8, 4) is 0 Å². The van der Waals surface area contributed by atoms with Crippen molar-refractivity contribution in [2.75, 3.05) is 0 Å². The Labute approximate surface area is 137 Å². The van der Waals surface area contributed by atoms with Crippen molar-refractivity contribution >= 4 is 56.1 Å². The van der Waals surface area contributed by atoms with Gasteiger partial charge in [0.1, 0.15) is 0 Å². The van der Waals surface area contributed by atoms with Crippen LogP contribution in [0.4, 0.5) is 0 Å². The molecule has 0 aliphatic rings. The number of rotatable bonds is 6. The Kier molecular flexibility index (Phi) is 7.11. The molecule has 0 fully saturated rings. The van der Waals surface area contributed by atoms with E-state index in [0.717, 1.165) is 0 Å². The maximum Gasteiger partial charge on any atom is 1.00 e. The summed E-state index contributed by atoms with van der Waals surface area (Å²) in [5, 5.41) is -2.22. The SMILES string of the molecule is O=CP(=O)(O)c1cc(P(=O)(O)C=O)cc(P(=O)(O)C=O)c1.[H-].[Li+]. The first-order chi connectivity index (χ1) is 9.50. The van der Waals surface area contributed by atoms with E-state index < -0.39 is 38.0 Å². The molecule has 3 unspecified atom stereocenters. The average molecular weight is 362 g/mol. The van der Waals surface area contributed by atoms with Crippen LogP contribution in [0.5, 0.6) is 0 Å². The second-order valence-electron chi connectivity index (χ2n) is 3.89. The van der Waals surface area contributed by atoms with Crippen molar-refractivity contribution in [3.05, 3.63) is 18.2 Å². The van der Waals surface area contributed by atoms with Crippen LogP contribution in [0, 0.1) is 0 Å². The number of hydrogen-bond acceptors (Lipinski definition) is 6. The van der Waals surface area contributed by atoms with Gasteiger partial charge in [-0.25, -0.2) is 0 Å². The molecule has 0 bridgehead atoms. The van der Waals surface area contributed by atoms with Gasteiger partial charge >= 0.3 is 18.9 Å². The Morgan fingerprint density at radius 2 is 0.864 bits per heavy atom. The van der Waals surface area contributed by atoms with E-state index in [9.17, 15) is 42.8 Å². The molecule has 0 radical (unpaired) electrons. The molecule has 1 aromatic rings. The van der Waals surface area contributed by atoms with Crippen molar-refractivity contribution in [1.82, 2.24) is 0 Å². The maximum absolute atomic E-state index is 11.6. The second-order valence-corrected chi connectivity index (χ2v) is 9.81. The van der Waals surface area contributed by atoms with Crippen molar-refractivity contribution in [2.24, 2.45) is 0 Å². The molecule has 0 aliphatic heterocycles. The molecule has 3 atom stereocenters. The van der Waals surface area contributed by atoms with Crippen LogP contribution in [0.3, 0.4) is 0 Å². The minimum atomic E-state index is -4.62. The normalized spacial score (nSPS) is 18.7. The number of benzene rings is 1. The smallest absolute Gasteiger partial charge is 1.00 e. The van der Waals surface area contributed by atoms with Crippen LogP contribution >= 0.6 is 22.1 Å². The van der Waals surface area contributed by atoms with Gasteiger partial charge < -0.3 is 16.1 Å². The van der Waals surface area contributed by atoms with Gasteiger partial charge in [-0.3, -0.25) is 28.1 Å². The van der Waals surface area contributed by atoms with Crippen LogP contribution < -0.4 is 34.8 Å². The van der Waals surface area contributed by atoms with E-state index in [1.807, 2.05) is 0 Å². The average Bonchev–Trinajstić information content (AvgIpc) is 2.46. The van der Waals surface area contributed by atoms with Crippen molar-refractivity contribution in [1.29, 1.82) is 0 Å². The van der Waals surface area contributed by atoms with Gasteiger partial charge in [-0.15, -0.1) is 0 Å². The topological polar surface area (TPSA) is 163 Å². The minimum absolute atomic E-state index is 0. The van der Waals surface area contributed by atoms with Crippen molar-refractivity contribution in [3.63, 3.8) is 0 Å². The molecule has 0 amide bonds. The fourth-order valence-electron chi connectivity index (χ4n) is 1.32. The molecule has 0 spiro atoms. The summed E-state index contributed by atoms with van der Waals surface area (Å²) in [5.74, 6) is 0. The van der Waals surface area contributed by atoms with E-state index >= 15 is 0 Å². The van der Waals surface area contributed by atoms with Gasteiger partial charge in [0.05, 0.1) is 0 Å². The Morgan fingerprint density at radius 3 is 1.00 bits per heavy atom. The second kappa shape index (κ2) is 7.31. The van der Waals surface area contributed by atoms with Gasteiger partial charge in [-0.05, 0) is 18.2 Å². The fraction of sp³-hybridized carbons (Fsp3) is 0. The molecule has 22 heavy (non-hydrogen) atoms. The monoisotopic (exact) mass is 362 g/mol. The van der Waals surface area contributed by atoms with Gasteiger partial charge in [0, 0.05) is 15.9 Å². The van der Waals surface area contributed by atoms with E-state index in [1.54, 1.807) is 0 Å². The predicted molar refractivity (Wildman–Crippen MR) is 76.2 cm³/mol. The van der Waals surface area contributed by atoms with Crippen molar-refractivity contribution < 1.29 is 63.0 Å². The quantitative estimate of drug-likeness (QED) is 0.260. The van der Waals surface area contributed by atoms with Crippen LogP contribution in [0.1, 0.15) is 1.43 Å². The Balaban J connectivity index is 0. The molecule has 0 heterocycles. The summed E-state index contributed by atoms with van der Waals surface area (Å²) in [6.45, 7) is 0. The fourth-order valence-corrected chi connectivity index (χ4v) is 3.93. The molecule has 0 saturated carbocycles. The molecule has 0 aromatic heterocycles. The first-order valence-corrected chi connectivity index (χ1v) is 10.2. The van der Waals surface area contributed by atoms with Gasteiger partial charge in [0.25, 0.3) is 22.1 Å². The predicted octanol–water partition coefficient (Wildman–Crippen LogP) is -3.94. The van der Waals surface area contributed by atoms with E-state index in [-0.39, 0.29) is 38.4 Å². The minimum Gasteiger partial charge on any atom is -1.00 e.